The van der Waals surface area contributed by atoms with Gasteiger partial charge in [0.2, 0.25) is 0 Å². The molecule has 110 valence electrons. The lowest BCUT2D eigenvalue weighted by Crippen LogP contribution is -2.44. The van der Waals surface area contributed by atoms with Gasteiger partial charge in [-0.05, 0) is 39.2 Å². The second kappa shape index (κ2) is 7.70. The van der Waals surface area contributed by atoms with Crippen molar-refractivity contribution in [2.24, 2.45) is 0 Å². The van der Waals surface area contributed by atoms with E-state index in [1.54, 1.807) is 0 Å². The number of likely N-dealkylation sites (tertiary alicyclic amines) is 1. The second-order valence-electron chi connectivity index (χ2n) is 5.70. The second-order valence-corrected chi connectivity index (χ2v) is 5.70. The number of hydrogen-bond donors (Lipinski definition) is 2. The Hall–Kier alpha value is -0.810. The first kappa shape index (κ1) is 14.6. The number of nitrogens with one attached hydrogen (secondary N) is 2. The van der Waals surface area contributed by atoms with Gasteiger partial charge in [-0.25, -0.2) is 4.79 Å². The van der Waals surface area contributed by atoms with Crippen LogP contribution < -0.4 is 10.6 Å². The number of urea groups is 1. The maximum absolute atomic E-state index is 11.6. The molecule has 5 nitrogen and oxygen atoms in total. The van der Waals surface area contributed by atoms with E-state index in [1.165, 1.54) is 25.8 Å². The van der Waals surface area contributed by atoms with E-state index in [-0.39, 0.29) is 12.1 Å². The summed E-state index contributed by atoms with van der Waals surface area (Å²) in [4.78, 5) is 14.2. The molecule has 2 aliphatic heterocycles. The third-order valence-electron chi connectivity index (χ3n) is 4.11. The Balaban J connectivity index is 1.52. The first-order valence-electron chi connectivity index (χ1n) is 7.62. The zero-order valence-corrected chi connectivity index (χ0v) is 12.0. The number of hydrogen-bond acceptors (Lipinski definition) is 3. The number of nitrogens with zero attached hydrogens (tertiary/aromatic N) is 1. The molecule has 0 aromatic heterocycles. The van der Waals surface area contributed by atoms with Crippen LogP contribution in [0.15, 0.2) is 0 Å². The smallest absolute Gasteiger partial charge is 0.315 e. The molecule has 2 atom stereocenters. The molecule has 2 N–H and O–H groups in total. The quantitative estimate of drug-likeness (QED) is 0.741. The molecule has 0 aliphatic carbocycles. The van der Waals surface area contributed by atoms with Gasteiger partial charge in [0.25, 0.3) is 0 Å². The molecule has 0 aromatic rings. The summed E-state index contributed by atoms with van der Waals surface area (Å²) in [5, 5.41) is 5.87. The SMILES string of the molecule is CC1CCCCN1CCCNC(=O)NC1CCOC1. The molecule has 2 fully saturated rings. The van der Waals surface area contributed by atoms with Crippen LogP contribution in [0.4, 0.5) is 4.79 Å². The predicted molar refractivity (Wildman–Crippen MR) is 75.3 cm³/mol. The van der Waals surface area contributed by atoms with E-state index < -0.39 is 0 Å². The van der Waals surface area contributed by atoms with E-state index >= 15 is 0 Å². The third-order valence-corrected chi connectivity index (χ3v) is 4.11. The monoisotopic (exact) mass is 269 g/mol. The van der Waals surface area contributed by atoms with Crippen LogP contribution in [-0.2, 0) is 4.74 Å². The Morgan fingerprint density at radius 3 is 3.00 bits per heavy atom. The van der Waals surface area contributed by atoms with Crippen molar-refractivity contribution in [3.8, 4) is 0 Å². The number of amides is 2. The van der Waals surface area contributed by atoms with Crippen LogP contribution in [0.3, 0.4) is 0 Å². The molecule has 0 spiro atoms. The molecule has 2 heterocycles. The lowest BCUT2D eigenvalue weighted by molar-refractivity contribution is 0.159. The van der Waals surface area contributed by atoms with E-state index in [4.69, 9.17) is 4.74 Å². The topological polar surface area (TPSA) is 53.6 Å². The summed E-state index contributed by atoms with van der Waals surface area (Å²) in [6, 6.07) is 0.850. The van der Waals surface area contributed by atoms with Gasteiger partial charge in [-0.15, -0.1) is 0 Å². The van der Waals surface area contributed by atoms with Gasteiger partial charge in [-0.3, -0.25) is 0 Å². The molecule has 19 heavy (non-hydrogen) atoms. The largest absolute Gasteiger partial charge is 0.379 e. The van der Waals surface area contributed by atoms with E-state index in [0.29, 0.717) is 12.6 Å². The number of carbonyl (C=O) groups is 1. The number of rotatable bonds is 5. The average molecular weight is 269 g/mol. The Labute approximate surface area is 116 Å². The summed E-state index contributed by atoms with van der Waals surface area (Å²) >= 11 is 0. The Morgan fingerprint density at radius 1 is 1.37 bits per heavy atom. The van der Waals surface area contributed by atoms with Crippen molar-refractivity contribution in [2.75, 3.05) is 32.8 Å². The molecule has 2 unspecified atom stereocenters. The van der Waals surface area contributed by atoms with Crippen LogP contribution >= 0.6 is 0 Å². The van der Waals surface area contributed by atoms with Crippen LogP contribution in [-0.4, -0.2) is 55.9 Å². The summed E-state index contributed by atoms with van der Waals surface area (Å²) in [6.07, 6.45) is 5.95. The van der Waals surface area contributed by atoms with Crippen molar-refractivity contribution in [2.45, 2.75) is 51.1 Å². The Morgan fingerprint density at radius 2 is 2.26 bits per heavy atom. The van der Waals surface area contributed by atoms with Gasteiger partial charge in [0, 0.05) is 25.7 Å². The maximum atomic E-state index is 11.6. The van der Waals surface area contributed by atoms with Crippen LogP contribution in [0.25, 0.3) is 0 Å². The standard InChI is InChI=1S/C14H27N3O2/c1-12-5-2-3-8-17(12)9-4-7-15-14(18)16-13-6-10-19-11-13/h12-13H,2-11H2,1H3,(H2,15,16,18). The zero-order valence-electron chi connectivity index (χ0n) is 12.0. The van der Waals surface area contributed by atoms with Crippen molar-refractivity contribution in [3.63, 3.8) is 0 Å². The minimum atomic E-state index is -0.0535. The molecule has 0 aromatic carbocycles. The van der Waals surface area contributed by atoms with Crippen molar-refractivity contribution in [3.05, 3.63) is 0 Å². The van der Waals surface area contributed by atoms with E-state index in [9.17, 15) is 4.79 Å². The summed E-state index contributed by atoms with van der Waals surface area (Å²) in [5.74, 6) is 0. The van der Waals surface area contributed by atoms with Crippen LogP contribution in [0.2, 0.25) is 0 Å². The highest BCUT2D eigenvalue weighted by molar-refractivity contribution is 5.74. The fourth-order valence-electron chi connectivity index (χ4n) is 2.86. The zero-order chi connectivity index (χ0) is 13.5. The van der Waals surface area contributed by atoms with Crippen molar-refractivity contribution >= 4 is 6.03 Å². The van der Waals surface area contributed by atoms with Gasteiger partial charge in [-0.2, -0.15) is 0 Å². The number of ether oxygens (including phenoxy) is 1. The molecule has 0 radical (unpaired) electrons. The minimum absolute atomic E-state index is 0.0535. The number of piperidine rings is 1. The molecular weight excluding hydrogens is 242 g/mol. The molecule has 2 rings (SSSR count). The summed E-state index contributed by atoms with van der Waals surface area (Å²) in [6.45, 7) is 6.78. The fourth-order valence-corrected chi connectivity index (χ4v) is 2.86. The molecule has 2 amide bonds. The summed E-state index contributed by atoms with van der Waals surface area (Å²) in [7, 11) is 0. The predicted octanol–water partition coefficient (Wildman–Crippen LogP) is 1.34. The molecule has 0 saturated carbocycles. The first-order chi connectivity index (χ1) is 9.25. The average Bonchev–Trinajstić information content (AvgIpc) is 2.89. The maximum Gasteiger partial charge on any atom is 0.315 e. The van der Waals surface area contributed by atoms with Crippen molar-refractivity contribution in [1.29, 1.82) is 0 Å². The molecule has 5 heteroatoms. The van der Waals surface area contributed by atoms with Gasteiger partial charge >= 0.3 is 6.03 Å². The first-order valence-corrected chi connectivity index (χ1v) is 7.62. The van der Waals surface area contributed by atoms with Crippen molar-refractivity contribution in [1.82, 2.24) is 15.5 Å². The van der Waals surface area contributed by atoms with Crippen molar-refractivity contribution < 1.29 is 9.53 Å². The molecule has 2 aliphatic rings. The molecule has 0 bridgehead atoms. The van der Waals surface area contributed by atoms with E-state index in [2.05, 4.69) is 22.5 Å². The number of carbonyl (C=O) groups excluding carboxylic acids is 1. The van der Waals surface area contributed by atoms with Gasteiger partial charge < -0.3 is 20.3 Å². The van der Waals surface area contributed by atoms with Gasteiger partial charge in [-0.1, -0.05) is 6.42 Å². The normalized spacial score (nSPS) is 28.3. The highest BCUT2D eigenvalue weighted by atomic mass is 16.5. The Kier molecular flexibility index (Phi) is 5.92. The third kappa shape index (κ3) is 4.99. The van der Waals surface area contributed by atoms with Crippen LogP contribution in [0.5, 0.6) is 0 Å². The lowest BCUT2D eigenvalue weighted by atomic mass is 10.0. The minimum Gasteiger partial charge on any atom is -0.379 e. The van der Waals surface area contributed by atoms with Gasteiger partial charge in [0.15, 0.2) is 0 Å². The highest BCUT2D eigenvalue weighted by Crippen LogP contribution is 2.15. The van der Waals surface area contributed by atoms with Gasteiger partial charge in [0.1, 0.15) is 0 Å². The molecule has 2 saturated heterocycles. The van der Waals surface area contributed by atoms with E-state index in [0.717, 1.165) is 32.5 Å². The Bertz CT molecular complexity index is 280. The van der Waals surface area contributed by atoms with Crippen LogP contribution in [0, 0.1) is 0 Å². The van der Waals surface area contributed by atoms with Crippen LogP contribution in [0.1, 0.15) is 39.0 Å². The van der Waals surface area contributed by atoms with Gasteiger partial charge in [0.05, 0.1) is 12.6 Å². The summed E-state index contributed by atoms with van der Waals surface area (Å²) in [5.41, 5.74) is 0. The lowest BCUT2D eigenvalue weighted by Gasteiger charge is -2.33. The molecular formula is C14H27N3O2. The summed E-state index contributed by atoms with van der Waals surface area (Å²) < 4.78 is 5.23. The fraction of sp³-hybridized carbons (Fsp3) is 0.929. The van der Waals surface area contributed by atoms with E-state index in [1.807, 2.05) is 0 Å². The highest BCUT2D eigenvalue weighted by Gasteiger charge is 2.18.